The van der Waals surface area contributed by atoms with Gasteiger partial charge in [-0.25, -0.2) is 0 Å². The lowest BCUT2D eigenvalue weighted by molar-refractivity contribution is 1.23. The standard InChI is InChI=1S/C27H21N/c1-28(26-17-9-13-21-12-5-6-14-23(21)26)27-19-18-22(20-10-3-2-4-11-20)24-15-7-8-16-25(24)27/h2-19H,1H3. The number of fused-ring (bicyclic) bond motifs is 2. The van der Waals surface area contributed by atoms with Crippen molar-refractivity contribution < 1.29 is 0 Å². The van der Waals surface area contributed by atoms with E-state index < -0.39 is 0 Å². The minimum absolute atomic E-state index is 1.21. The Morgan fingerprint density at radius 3 is 1.89 bits per heavy atom. The van der Waals surface area contributed by atoms with Crippen molar-refractivity contribution in [1.82, 2.24) is 0 Å². The molecular formula is C27H21N. The Morgan fingerprint density at radius 1 is 0.464 bits per heavy atom. The second-order valence-corrected chi connectivity index (χ2v) is 7.10. The van der Waals surface area contributed by atoms with Crippen LogP contribution in [0.1, 0.15) is 0 Å². The highest BCUT2D eigenvalue weighted by molar-refractivity contribution is 6.06. The van der Waals surface area contributed by atoms with Gasteiger partial charge >= 0.3 is 0 Å². The molecule has 0 aliphatic rings. The van der Waals surface area contributed by atoms with Crippen LogP contribution in [0.15, 0.2) is 109 Å². The maximum Gasteiger partial charge on any atom is 0.0488 e. The van der Waals surface area contributed by atoms with Crippen LogP contribution in [0.3, 0.4) is 0 Å². The molecule has 0 aliphatic heterocycles. The SMILES string of the molecule is CN(c1cccc2ccccc12)c1ccc(-c2ccccc2)c2ccccc12. The number of anilines is 2. The monoisotopic (exact) mass is 359 g/mol. The predicted octanol–water partition coefficient (Wildman–Crippen LogP) is 7.43. The van der Waals surface area contributed by atoms with Crippen LogP contribution in [0.2, 0.25) is 0 Å². The maximum atomic E-state index is 2.30. The fourth-order valence-corrected chi connectivity index (χ4v) is 4.08. The van der Waals surface area contributed by atoms with Gasteiger partial charge in [0, 0.05) is 29.2 Å². The van der Waals surface area contributed by atoms with Gasteiger partial charge < -0.3 is 4.90 Å². The molecule has 1 nitrogen and oxygen atoms in total. The Bertz CT molecular complexity index is 1270. The molecule has 0 saturated heterocycles. The Kier molecular flexibility index (Phi) is 4.06. The number of hydrogen-bond donors (Lipinski definition) is 0. The fraction of sp³-hybridized carbons (Fsp3) is 0.0370. The van der Waals surface area contributed by atoms with Gasteiger partial charge in [0.2, 0.25) is 0 Å². The van der Waals surface area contributed by atoms with E-state index in [0.29, 0.717) is 0 Å². The van der Waals surface area contributed by atoms with Crippen LogP contribution < -0.4 is 4.90 Å². The van der Waals surface area contributed by atoms with E-state index in [1.54, 1.807) is 0 Å². The zero-order chi connectivity index (χ0) is 18.9. The van der Waals surface area contributed by atoms with Crippen molar-refractivity contribution in [1.29, 1.82) is 0 Å². The molecular weight excluding hydrogens is 338 g/mol. The molecule has 0 spiro atoms. The van der Waals surface area contributed by atoms with Gasteiger partial charge in [0.05, 0.1) is 0 Å². The van der Waals surface area contributed by atoms with E-state index in [-0.39, 0.29) is 0 Å². The van der Waals surface area contributed by atoms with Gasteiger partial charge in [-0.05, 0) is 34.0 Å². The average Bonchev–Trinajstić information content (AvgIpc) is 2.78. The second-order valence-electron chi connectivity index (χ2n) is 7.10. The van der Waals surface area contributed by atoms with Crippen molar-refractivity contribution >= 4 is 32.9 Å². The minimum Gasteiger partial charge on any atom is -0.344 e. The topological polar surface area (TPSA) is 3.24 Å². The molecule has 0 heterocycles. The third-order valence-electron chi connectivity index (χ3n) is 5.48. The van der Waals surface area contributed by atoms with Crippen LogP contribution in [0.25, 0.3) is 32.7 Å². The molecule has 0 bridgehead atoms. The third-order valence-corrected chi connectivity index (χ3v) is 5.48. The highest BCUT2D eigenvalue weighted by atomic mass is 15.1. The van der Waals surface area contributed by atoms with E-state index in [4.69, 9.17) is 0 Å². The van der Waals surface area contributed by atoms with Gasteiger partial charge in [-0.2, -0.15) is 0 Å². The quantitative estimate of drug-likeness (QED) is 0.324. The van der Waals surface area contributed by atoms with Gasteiger partial charge in [0.1, 0.15) is 0 Å². The summed E-state index contributed by atoms with van der Waals surface area (Å²) >= 11 is 0. The van der Waals surface area contributed by atoms with Crippen molar-refractivity contribution in [2.75, 3.05) is 11.9 Å². The summed E-state index contributed by atoms with van der Waals surface area (Å²) in [6.45, 7) is 0. The van der Waals surface area contributed by atoms with Crippen LogP contribution >= 0.6 is 0 Å². The van der Waals surface area contributed by atoms with E-state index in [0.717, 1.165) is 0 Å². The van der Waals surface area contributed by atoms with Crippen molar-refractivity contribution in [3.63, 3.8) is 0 Å². The van der Waals surface area contributed by atoms with E-state index in [1.807, 2.05) is 0 Å². The number of rotatable bonds is 3. The zero-order valence-electron chi connectivity index (χ0n) is 15.8. The summed E-state index contributed by atoms with van der Waals surface area (Å²) in [6, 6.07) is 38.9. The molecule has 0 saturated carbocycles. The van der Waals surface area contributed by atoms with Gasteiger partial charge in [0.25, 0.3) is 0 Å². The molecule has 0 fully saturated rings. The van der Waals surface area contributed by atoms with Gasteiger partial charge in [0.15, 0.2) is 0 Å². The number of nitrogens with zero attached hydrogens (tertiary/aromatic N) is 1. The summed E-state index contributed by atoms with van der Waals surface area (Å²) in [5.74, 6) is 0. The summed E-state index contributed by atoms with van der Waals surface area (Å²) in [5.41, 5.74) is 4.95. The minimum atomic E-state index is 1.21. The molecule has 0 aliphatic carbocycles. The Morgan fingerprint density at radius 2 is 1.07 bits per heavy atom. The first-order valence-corrected chi connectivity index (χ1v) is 9.61. The summed E-state index contributed by atoms with van der Waals surface area (Å²) in [5, 5.41) is 5.07. The van der Waals surface area contributed by atoms with Gasteiger partial charge in [-0.15, -0.1) is 0 Å². The van der Waals surface area contributed by atoms with Crippen LogP contribution in [0, 0.1) is 0 Å². The van der Waals surface area contributed by atoms with Crippen molar-refractivity contribution in [2.45, 2.75) is 0 Å². The van der Waals surface area contributed by atoms with E-state index in [2.05, 4.69) is 121 Å². The average molecular weight is 359 g/mol. The molecule has 0 unspecified atom stereocenters. The summed E-state index contributed by atoms with van der Waals surface area (Å²) in [6.07, 6.45) is 0. The van der Waals surface area contributed by atoms with Crippen molar-refractivity contribution in [3.05, 3.63) is 109 Å². The molecule has 5 aromatic carbocycles. The highest BCUT2D eigenvalue weighted by Gasteiger charge is 2.13. The van der Waals surface area contributed by atoms with Crippen LogP contribution in [0.5, 0.6) is 0 Å². The molecule has 1 heteroatoms. The summed E-state index contributed by atoms with van der Waals surface area (Å²) in [4.78, 5) is 2.30. The molecule has 0 amide bonds. The smallest absolute Gasteiger partial charge is 0.0488 e. The first kappa shape index (κ1) is 16.6. The van der Waals surface area contributed by atoms with Gasteiger partial charge in [-0.1, -0.05) is 97.1 Å². The summed E-state index contributed by atoms with van der Waals surface area (Å²) in [7, 11) is 2.16. The fourth-order valence-electron chi connectivity index (χ4n) is 4.08. The molecule has 0 N–H and O–H groups in total. The lowest BCUT2D eigenvalue weighted by Crippen LogP contribution is -2.10. The third kappa shape index (κ3) is 2.73. The lowest BCUT2D eigenvalue weighted by Gasteiger charge is -2.24. The number of hydrogen-bond acceptors (Lipinski definition) is 1. The molecule has 28 heavy (non-hydrogen) atoms. The van der Waals surface area contributed by atoms with E-state index >= 15 is 0 Å². The summed E-state index contributed by atoms with van der Waals surface area (Å²) < 4.78 is 0. The Balaban J connectivity index is 1.72. The van der Waals surface area contributed by atoms with Crippen molar-refractivity contribution in [3.8, 4) is 11.1 Å². The second kappa shape index (κ2) is 6.86. The Labute approximate surface area is 165 Å². The van der Waals surface area contributed by atoms with Crippen LogP contribution in [-0.4, -0.2) is 7.05 Å². The largest absolute Gasteiger partial charge is 0.344 e. The molecule has 0 atom stereocenters. The highest BCUT2D eigenvalue weighted by Crippen LogP contribution is 2.38. The van der Waals surface area contributed by atoms with Crippen LogP contribution in [0.4, 0.5) is 11.4 Å². The molecule has 5 aromatic rings. The predicted molar refractivity (Wildman–Crippen MR) is 121 cm³/mol. The first-order valence-electron chi connectivity index (χ1n) is 9.61. The lowest BCUT2D eigenvalue weighted by atomic mass is 9.96. The molecule has 0 aromatic heterocycles. The van der Waals surface area contributed by atoms with E-state index in [1.165, 1.54) is 44.0 Å². The first-order chi connectivity index (χ1) is 13.8. The van der Waals surface area contributed by atoms with Crippen LogP contribution in [-0.2, 0) is 0 Å². The zero-order valence-corrected chi connectivity index (χ0v) is 15.8. The van der Waals surface area contributed by atoms with Crippen molar-refractivity contribution in [2.24, 2.45) is 0 Å². The van der Waals surface area contributed by atoms with E-state index in [9.17, 15) is 0 Å². The molecule has 0 radical (unpaired) electrons. The molecule has 134 valence electrons. The molecule has 5 rings (SSSR count). The van der Waals surface area contributed by atoms with Gasteiger partial charge in [-0.3, -0.25) is 0 Å². The maximum absolute atomic E-state index is 2.30. The number of benzene rings is 5. The normalized spacial score (nSPS) is 11.0. The Hall–Kier alpha value is -3.58.